The first-order valence-corrected chi connectivity index (χ1v) is 11.5. The van der Waals surface area contributed by atoms with Gasteiger partial charge in [-0.25, -0.2) is 4.39 Å². The molecule has 1 amide bonds. The number of nitrogens with zero attached hydrogens (tertiary/aromatic N) is 4. The zero-order valence-electron chi connectivity index (χ0n) is 18.8. The van der Waals surface area contributed by atoms with Crippen LogP contribution in [0.3, 0.4) is 0 Å². The van der Waals surface area contributed by atoms with Crippen LogP contribution in [0.2, 0.25) is 0 Å². The monoisotopic (exact) mass is 524 g/mol. The van der Waals surface area contributed by atoms with Gasteiger partial charge in [0.2, 0.25) is 10.3 Å². The molecule has 1 aromatic carbocycles. The van der Waals surface area contributed by atoms with Gasteiger partial charge in [-0.15, -0.1) is 23.4 Å². The Morgan fingerprint density at radius 3 is 2.67 bits per heavy atom. The Morgan fingerprint density at radius 2 is 2.00 bits per heavy atom. The predicted octanol–water partition coefficient (Wildman–Crippen LogP) is 4.74. The van der Waals surface area contributed by atoms with E-state index in [1.165, 1.54) is 0 Å². The molecular formula is C22H20F4N6O3S. The minimum Gasteiger partial charge on any atom is -0.406 e. The van der Waals surface area contributed by atoms with Gasteiger partial charge in [0.15, 0.2) is 6.10 Å². The van der Waals surface area contributed by atoms with Crippen molar-refractivity contribution >= 4 is 33.1 Å². The Labute approximate surface area is 206 Å². The number of methoxy groups -OCH3 is 1. The molecule has 1 aliphatic rings. The number of hydrogen-bond acceptors (Lipinski definition) is 9. The van der Waals surface area contributed by atoms with Crippen LogP contribution >= 0.6 is 11.3 Å². The summed E-state index contributed by atoms with van der Waals surface area (Å²) in [6.07, 6.45) is -0.459. The van der Waals surface area contributed by atoms with E-state index in [-0.39, 0.29) is 11.2 Å². The first-order valence-electron chi connectivity index (χ1n) is 10.7. The number of aromatic nitrogens is 4. The number of benzene rings is 1. The van der Waals surface area contributed by atoms with Crippen LogP contribution in [0.25, 0.3) is 5.57 Å². The van der Waals surface area contributed by atoms with Crippen molar-refractivity contribution in [3.05, 3.63) is 59.7 Å². The number of amides is 1. The largest absolute Gasteiger partial charge is 0.573 e. The number of nitrogens with one attached hydrogen (secondary N) is 2. The third-order valence-electron chi connectivity index (χ3n) is 5.25. The third kappa shape index (κ3) is 6.51. The topological polar surface area (TPSA) is 111 Å². The van der Waals surface area contributed by atoms with Gasteiger partial charge in [0.05, 0.1) is 5.69 Å². The minimum atomic E-state index is -4.97. The van der Waals surface area contributed by atoms with Gasteiger partial charge in [-0.05, 0) is 55.2 Å². The number of anilines is 2. The van der Waals surface area contributed by atoms with Crippen LogP contribution in [0.1, 0.15) is 36.6 Å². The molecule has 0 spiro atoms. The van der Waals surface area contributed by atoms with Crippen molar-refractivity contribution < 1.29 is 31.8 Å². The normalized spacial score (nSPS) is 16.7. The number of carbonyl (C=O) groups excluding carboxylic acids is 1. The Kier molecular flexibility index (Phi) is 7.74. The molecule has 4 rings (SSSR count). The van der Waals surface area contributed by atoms with E-state index in [4.69, 9.17) is 4.74 Å². The highest BCUT2D eigenvalue weighted by Gasteiger charge is 2.32. The molecule has 36 heavy (non-hydrogen) atoms. The van der Waals surface area contributed by atoms with Crippen molar-refractivity contribution in [1.29, 1.82) is 0 Å². The van der Waals surface area contributed by atoms with Crippen LogP contribution in [0.4, 0.5) is 27.8 Å². The first kappa shape index (κ1) is 25.4. The number of alkyl halides is 3. The van der Waals surface area contributed by atoms with Crippen LogP contribution < -0.4 is 15.4 Å². The van der Waals surface area contributed by atoms with Crippen molar-refractivity contribution in [1.82, 2.24) is 20.4 Å². The number of halogens is 4. The Bertz CT molecular complexity index is 1240. The molecule has 0 saturated heterocycles. The van der Waals surface area contributed by atoms with E-state index < -0.39 is 35.5 Å². The zero-order valence-corrected chi connectivity index (χ0v) is 19.6. The standard InChI is InChI=1S/C22H20F4N6O3S/c1-34-18(15-11-14(8-9-16(15)23)35-22(24,25)26)19(33)29-21-32-31-20(36-21)28-13-6-4-12(5-7-13)17-3-2-10-27-30-17/h2-4,8-11,13,18H,5-7H2,1H3,(H,28,31)(H,29,32,33)/t13-,18-/m0/s1. The van der Waals surface area contributed by atoms with Gasteiger partial charge in [-0.3, -0.25) is 10.1 Å². The summed E-state index contributed by atoms with van der Waals surface area (Å²) >= 11 is 1.06. The van der Waals surface area contributed by atoms with Gasteiger partial charge in [0, 0.05) is 24.9 Å². The van der Waals surface area contributed by atoms with Crippen LogP contribution in [0.15, 0.2) is 42.6 Å². The minimum absolute atomic E-state index is 0.0964. The number of carbonyl (C=O) groups is 1. The smallest absolute Gasteiger partial charge is 0.406 e. The quantitative estimate of drug-likeness (QED) is 0.407. The van der Waals surface area contributed by atoms with Gasteiger partial charge in [-0.2, -0.15) is 10.2 Å². The lowest BCUT2D eigenvalue weighted by Crippen LogP contribution is -2.24. The van der Waals surface area contributed by atoms with Gasteiger partial charge in [-0.1, -0.05) is 17.4 Å². The SMILES string of the molecule is CO[C@H](C(=O)Nc1nnc(N[C@H]2CC=C(c3cccnn3)CC2)s1)c1cc(OC(F)(F)F)ccc1F. The molecule has 2 heterocycles. The molecule has 3 aromatic rings. The maximum Gasteiger partial charge on any atom is 0.573 e. The summed E-state index contributed by atoms with van der Waals surface area (Å²) in [5.41, 5.74) is 1.54. The van der Waals surface area contributed by atoms with E-state index in [0.29, 0.717) is 5.13 Å². The maximum absolute atomic E-state index is 14.3. The van der Waals surface area contributed by atoms with E-state index >= 15 is 0 Å². The highest BCUT2D eigenvalue weighted by molar-refractivity contribution is 7.19. The number of hydrogen-bond donors (Lipinski definition) is 2. The molecule has 9 nitrogen and oxygen atoms in total. The highest BCUT2D eigenvalue weighted by atomic mass is 32.1. The summed E-state index contributed by atoms with van der Waals surface area (Å²) in [6, 6.07) is 6.16. The second kappa shape index (κ2) is 11.0. The van der Waals surface area contributed by atoms with Crippen molar-refractivity contribution in [3.8, 4) is 5.75 Å². The van der Waals surface area contributed by atoms with Crippen LogP contribution in [-0.4, -0.2) is 45.8 Å². The Hall–Kier alpha value is -3.65. The number of rotatable bonds is 8. The molecule has 14 heteroatoms. The molecule has 0 fully saturated rings. The third-order valence-corrected chi connectivity index (χ3v) is 6.02. The van der Waals surface area contributed by atoms with Crippen LogP contribution in [0, 0.1) is 5.82 Å². The average molecular weight is 525 g/mol. The fraction of sp³-hybridized carbons (Fsp3) is 0.318. The molecule has 190 valence electrons. The lowest BCUT2D eigenvalue weighted by atomic mass is 9.93. The fourth-order valence-corrected chi connectivity index (χ4v) is 4.37. The van der Waals surface area contributed by atoms with E-state index in [1.54, 1.807) is 6.20 Å². The molecule has 0 saturated carbocycles. The second-order valence-electron chi connectivity index (χ2n) is 7.70. The Morgan fingerprint density at radius 1 is 1.19 bits per heavy atom. The summed E-state index contributed by atoms with van der Waals surface area (Å²) in [7, 11) is 1.12. The molecule has 0 unspecified atom stereocenters. The van der Waals surface area contributed by atoms with E-state index in [9.17, 15) is 22.4 Å². The predicted molar refractivity (Wildman–Crippen MR) is 123 cm³/mol. The van der Waals surface area contributed by atoms with Crippen molar-refractivity contribution in [3.63, 3.8) is 0 Å². The number of allylic oxidation sites excluding steroid dienone is 1. The molecule has 2 atom stereocenters. The van der Waals surface area contributed by atoms with E-state index in [2.05, 4.69) is 41.8 Å². The van der Waals surface area contributed by atoms with E-state index in [1.807, 2.05) is 12.1 Å². The molecule has 1 aliphatic carbocycles. The second-order valence-corrected chi connectivity index (χ2v) is 8.68. The molecule has 0 radical (unpaired) electrons. The summed E-state index contributed by atoms with van der Waals surface area (Å²) in [6.45, 7) is 0. The lowest BCUT2D eigenvalue weighted by molar-refractivity contribution is -0.274. The summed E-state index contributed by atoms with van der Waals surface area (Å²) in [5.74, 6) is -2.45. The van der Waals surface area contributed by atoms with Crippen LogP contribution in [-0.2, 0) is 9.53 Å². The molecular weight excluding hydrogens is 504 g/mol. The Balaban J connectivity index is 1.38. The van der Waals surface area contributed by atoms with Gasteiger partial charge in [0.25, 0.3) is 5.91 Å². The molecule has 0 aliphatic heterocycles. The summed E-state index contributed by atoms with van der Waals surface area (Å²) in [4.78, 5) is 12.7. The van der Waals surface area contributed by atoms with Crippen molar-refractivity contribution in [2.24, 2.45) is 0 Å². The summed E-state index contributed by atoms with van der Waals surface area (Å²) < 4.78 is 60.7. The van der Waals surface area contributed by atoms with Crippen LogP contribution in [0.5, 0.6) is 5.75 Å². The van der Waals surface area contributed by atoms with E-state index in [0.717, 1.165) is 67.2 Å². The van der Waals surface area contributed by atoms with Gasteiger partial charge in [0.1, 0.15) is 11.6 Å². The zero-order chi connectivity index (χ0) is 25.7. The molecule has 2 aromatic heterocycles. The lowest BCUT2D eigenvalue weighted by Gasteiger charge is -2.22. The fourth-order valence-electron chi connectivity index (χ4n) is 3.64. The maximum atomic E-state index is 14.3. The van der Waals surface area contributed by atoms with Crippen molar-refractivity contribution in [2.45, 2.75) is 37.8 Å². The van der Waals surface area contributed by atoms with Gasteiger partial charge >= 0.3 is 6.36 Å². The summed E-state index contributed by atoms with van der Waals surface area (Å²) in [5, 5.41) is 22.2. The number of ether oxygens (including phenoxy) is 2. The first-order chi connectivity index (χ1) is 17.2. The van der Waals surface area contributed by atoms with Crippen molar-refractivity contribution in [2.75, 3.05) is 17.7 Å². The molecule has 0 bridgehead atoms. The average Bonchev–Trinajstić information content (AvgIpc) is 3.28. The van der Waals surface area contributed by atoms with Gasteiger partial charge < -0.3 is 14.8 Å². The highest BCUT2D eigenvalue weighted by Crippen LogP contribution is 2.31. The molecule has 2 N–H and O–H groups in total.